The summed E-state index contributed by atoms with van der Waals surface area (Å²) >= 11 is 11.5. The highest BCUT2D eigenvalue weighted by molar-refractivity contribution is 6.18. The molecule has 0 unspecified atom stereocenters. The van der Waals surface area contributed by atoms with Crippen molar-refractivity contribution in [2.75, 3.05) is 51.0 Å². The molecule has 0 amide bonds. The molecule has 0 N–H and O–H groups in total. The molecule has 0 rings (SSSR count). The van der Waals surface area contributed by atoms with Crippen LogP contribution in [0.25, 0.3) is 0 Å². The van der Waals surface area contributed by atoms with Gasteiger partial charge in [0.25, 0.3) is 0 Å². The topological polar surface area (TPSA) is 54.1 Å². The van der Waals surface area contributed by atoms with E-state index in [4.69, 9.17) is 33.7 Å². The second kappa shape index (κ2) is 12.9. The summed E-state index contributed by atoms with van der Waals surface area (Å²) in [5.74, 6) is 1.14. The molecule has 6 heteroatoms. The fraction of sp³-hybridized carbons (Fsp3) is 0.833. The van der Waals surface area contributed by atoms with Gasteiger partial charge in [0.2, 0.25) is 0 Å². The molecule has 0 aromatic carbocycles. The average Bonchev–Trinajstić information content (AvgIpc) is 2.38. The highest BCUT2D eigenvalue weighted by Crippen LogP contribution is 1.97. The summed E-state index contributed by atoms with van der Waals surface area (Å²) in [7, 11) is 0. The Balaban J connectivity index is 4.01. The highest BCUT2D eigenvalue weighted by Gasteiger charge is 2.08. The highest BCUT2D eigenvalue weighted by atomic mass is 35.5. The fourth-order valence-corrected chi connectivity index (χ4v) is 2.09. The molecule has 0 aromatic heterocycles. The first-order valence-corrected chi connectivity index (χ1v) is 7.16. The molecule has 0 aliphatic heterocycles. The number of alkyl halides is 2. The van der Waals surface area contributed by atoms with E-state index in [2.05, 4.69) is 21.9 Å². The van der Waals surface area contributed by atoms with Crippen LogP contribution >= 0.6 is 23.2 Å². The fourth-order valence-electron chi connectivity index (χ4n) is 1.61. The van der Waals surface area contributed by atoms with Crippen LogP contribution in [0.5, 0.6) is 0 Å². The summed E-state index contributed by atoms with van der Waals surface area (Å²) < 4.78 is 0. The largest absolute Gasteiger partial charge is 0.300 e. The van der Waals surface area contributed by atoms with Crippen molar-refractivity contribution < 1.29 is 0 Å². The van der Waals surface area contributed by atoms with E-state index in [0.29, 0.717) is 24.6 Å². The normalized spacial score (nSPS) is 10.6. The Morgan fingerprint density at radius 2 is 1.06 bits per heavy atom. The quantitative estimate of drug-likeness (QED) is 0.546. The lowest BCUT2D eigenvalue weighted by atomic mass is 10.3. The number of hydrogen-bond donors (Lipinski definition) is 0. The van der Waals surface area contributed by atoms with Crippen LogP contribution in [0, 0.1) is 22.7 Å². The summed E-state index contributed by atoms with van der Waals surface area (Å²) in [5, 5.41) is 17.2. The minimum absolute atomic E-state index is 0.518. The van der Waals surface area contributed by atoms with Crippen LogP contribution in [0.4, 0.5) is 0 Å². The number of halogens is 2. The lowest BCUT2D eigenvalue weighted by Crippen LogP contribution is -2.38. The van der Waals surface area contributed by atoms with E-state index in [9.17, 15) is 0 Å². The molecule has 0 aliphatic rings. The molecule has 0 spiro atoms. The molecule has 0 aliphatic carbocycles. The number of nitrogens with zero attached hydrogens (tertiary/aromatic N) is 4. The molecular formula is C12H20Cl2N4. The van der Waals surface area contributed by atoms with Gasteiger partial charge in [-0.05, 0) is 0 Å². The van der Waals surface area contributed by atoms with Gasteiger partial charge in [0, 0.05) is 63.9 Å². The lowest BCUT2D eigenvalue weighted by Gasteiger charge is -2.25. The molecular weight excluding hydrogens is 271 g/mol. The minimum Gasteiger partial charge on any atom is -0.300 e. The first-order valence-electron chi connectivity index (χ1n) is 6.09. The Bertz CT molecular complexity index is 244. The van der Waals surface area contributed by atoms with E-state index in [1.165, 1.54) is 0 Å². The third-order valence-corrected chi connectivity index (χ3v) is 2.95. The van der Waals surface area contributed by atoms with Crippen molar-refractivity contribution in [1.82, 2.24) is 9.80 Å². The molecule has 0 bridgehead atoms. The minimum atomic E-state index is 0.518. The van der Waals surface area contributed by atoms with Crippen LogP contribution < -0.4 is 0 Å². The van der Waals surface area contributed by atoms with Crippen LogP contribution in [-0.4, -0.2) is 60.8 Å². The van der Waals surface area contributed by atoms with Crippen molar-refractivity contribution in [3.8, 4) is 12.1 Å². The standard InChI is InChI=1S/C12H20Cl2N4/c13-3-9-17(7-1-5-15)11-12-18(10-4-14)8-2-6-16/h1-4,7-12H2. The van der Waals surface area contributed by atoms with Gasteiger partial charge in [-0.1, -0.05) is 0 Å². The van der Waals surface area contributed by atoms with E-state index in [1.807, 2.05) is 0 Å². The van der Waals surface area contributed by atoms with Gasteiger partial charge in [-0.2, -0.15) is 10.5 Å². The molecule has 0 saturated heterocycles. The maximum absolute atomic E-state index is 8.59. The Labute approximate surface area is 120 Å². The average molecular weight is 291 g/mol. The van der Waals surface area contributed by atoms with Gasteiger partial charge < -0.3 is 0 Å². The maximum atomic E-state index is 8.59. The van der Waals surface area contributed by atoms with Crippen LogP contribution in [0.2, 0.25) is 0 Å². The van der Waals surface area contributed by atoms with E-state index in [1.54, 1.807) is 0 Å². The van der Waals surface area contributed by atoms with Crippen molar-refractivity contribution in [3.63, 3.8) is 0 Å². The van der Waals surface area contributed by atoms with Gasteiger partial charge in [-0.25, -0.2) is 0 Å². The van der Waals surface area contributed by atoms with Crippen LogP contribution in [0.3, 0.4) is 0 Å². The van der Waals surface area contributed by atoms with Crippen molar-refractivity contribution in [3.05, 3.63) is 0 Å². The molecule has 4 nitrogen and oxygen atoms in total. The molecule has 102 valence electrons. The van der Waals surface area contributed by atoms with Crippen molar-refractivity contribution in [2.45, 2.75) is 12.8 Å². The first-order chi connectivity index (χ1) is 8.78. The second-order valence-electron chi connectivity index (χ2n) is 3.88. The predicted octanol–water partition coefficient (Wildman–Crippen LogP) is 1.90. The SMILES string of the molecule is N#CCCN(CCCl)CCN(CCCl)CCC#N. The van der Waals surface area contributed by atoms with Crippen molar-refractivity contribution in [2.24, 2.45) is 0 Å². The van der Waals surface area contributed by atoms with Gasteiger partial charge in [-0.3, -0.25) is 9.80 Å². The Morgan fingerprint density at radius 3 is 1.33 bits per heavy atom. The van der Waals surface area contributed by atoms with Crippen molar-refractivity contribution >= 4 is 23.2 Å². The third-order valence-electron chi connectivity index (χ3n) is 2.61. The summed E-state index contributed by atoms with van der Waals surface area (Å²) in [4.78, 5) is 4.34. The first kappa shape index (κ1) is 17.5. The molecule has 0 radical (unpaired) electrons. The number of hydrogen-bond acceptors (Lipinski definition) is 4. The second-order valence-corrected chi connectivity index (χ2v) is 4.63. The van der Waals surface area contributed by atoms with Gasteiger partial charge in [0.05, 0.1) is 12.1 Å². The molecule has 0 fully saturated rings. The smallest absolute Gasteiger partial charge is 0.0635 e. The predicted molar refractivity (Wildman–Crippen MR) is 74.8 cm³/mol. The van der Waals surface area contributed by atoms with Crippen LogP contribution in [0.1, 0.15) is 12.8 Å². The summed E-state index contributed by atoms with van der Waals surface area (Å²) in [6.07, 6.45) is 1.04. The van der Waals surface area contributed by atoms with Crippen molar-refractivity contribution in [1.29, 1.82) is 10.5 Å². The molecule has 0 aromatic rings. The third kappa shape index (κ3) is 9.50. The van der Waals surface area contributed by atoms with E-state index >= 15 is 0 Å². The van der Waals surface area contributed by atoms with Gasteiger partial charge in [-0.15, -0.1) is 23.2 Å². The summed E-state index contributed by atoms with van der Waals surface area (Å²) in [6, 6.07) is 4.28. The van der Waals surface area contributed by atoms with Gasteiger partial charge in [0.15, 0.2) is 0 Å². The van der Waals surface area contributed by atoms with E-state index < -0.39 is 0 Å². The van der Waals surface area contributed by atoms with E-state index in [-0.39, 0.29) is 0 Å². The number of rotatable bonds is 11. The van der Waals surface area contributed by atoms with Crippen LogP contribution in [-0.2, 0) is 0 Å². The zero-order chi connectivity index (χ0) is 13.6. The zero-order valence-electron chi connectivity index (χ0n) is 10.6. The zero-order valence-corrected chi connectivity index (χ0v) is 12.1. The monoisotopic (exact) mass is 290 g/mol. The number of nitriles is 2. The molecule has 0 atom stereocenters. The van der Waals surface area contributed by atoms with Gasteiger partial charge in [0.1, 0.15) is 0 Å². The van der Waals surface area contributed by atoms with Gasteiger partial charge >= 0.3 is 0 Å². The Kier molecular flexibility index (Phi) is 12.6. The Hall–Kier alpha value is -0.520. The Morgan fingerprint density at radius 1 is 0.667 bits per heavy atom. The lowest BCUT2D eigenvalue weighted by molar-refractivity contribution is 0.221. The maximum Gasteiger partial charge on any atom is 0.0635 e. The van der Waals surface area contributed by atoms with E-state index in [0.717, 1.165) is 39.3 Å². The molecule has 0 heterocycles. The molecule has 18 heavy (non-hydrogen) atoms. The summed E-state index contributed by atoms with van der Waals surface area (Å²) in [6.45, 7) is 4.78. The van der Waals surface area contributed by atoms with Crippen LogP contribution in [0.15, 0.2) is 0 Å². The summed E-state index contributed by atoms with van der Waals surface area (Å²) in [5.41, 5.74) is 0. The molecule has 0 saturated carbocycles.